The summed E-state index contributed by atoms with van der Waals surface area (Å²) in [5.41, 5.74) is 0. The van der Waals surface area contributed by atoms with Crippen molar-refractivity contribution in [3.8, 4) is 0 Å². The van der Waals surface area contributed by atoms with Gasteiger partial charge in [-0.05, 0) is 12.8 Å². The molecule has 0 aromatic rings. The zero-order chi connectivity index (χ0) is 10.7. The molecule has 6 heteroatoms. The van der Waals surface area contributed by atoms with Gasteiger partial charge in [0.1, 0.15) is 12.5 Å². The van der Waals surface area contributed by atoms with Crippen molar-refractivity contribution in [2.75, 3.05) is 6.54 Å². The molecule has 1 amide bonds. The Kier molecular flexibility index (Phi) is 3.06. The average Bonchev–Trinajstić information content (AvgIpc) is 2.49. The first kappa shape index (κ1) is 10.5. The lowest BCUT2D eigenvalue weighted by atomic mass is 10.2. The standard InChI is InChI=1S/C8H11NO5/c10-6(4-7(11)12)9-3-1-2-5(9)8(13)14/h5H,1-4H2,(H,11,12)(H,13,14)/t5-/m0/s1. The van der Waals surface area contributed by atoms with Crippen LogP contribution >= 0.6 is 0 Å². The maximum absolute atomic E-state index is 11.3. The number of carbonyl (C=O) groups is 3. The fraction of sp³-hybridized carbons (Fsp3) is 0.625. The number of rotatable bonds is 3. The van der Waals surface area contributed by atoms with E-state index in [0.29, 0.717) is 19.4 Å². The zero-order valence-electron chi connectivity index (χ0n) is 7.47. The van der Waals surface area contributed by atoms with E-state index in [2.05, 4.69) is 0 Å². The molecule has 1 rings (SSSR count). The summed E-state index contributed by atoms with van der Waals surface area (Å²) in [6.07, 6.45) is 0.382. The van der Waals surface area contributed by atoms with Crippen molar-refractivity contribution in [2.45, 2.75) is 25.3 Å². The maximum Gasteiger partial charge on any atom is 0.326 e. The van der Waals surface area contributed by atoms with Crippen LogP contribution in [0.4, 0.5) is 0 Å². The summed E-state index contributed by atoms with van der Waals surface area (Å²) in [5, 5.41) is 17.1. The van der Waals surface area contributed by atoms with Crippen molar-refractivity contribution >= 4 is 17.8 Å². The van der Waals surface area contributed by atoms with E-state index in [9.17, 15) is 14.4 Å². The second-order valence-electron chi connectivity index (χ2n) is 3.15. The quantitative estimate of drug-likeness (QED) is 0.602. The topological polar surface area (TPSA) is 94.9 Å². The summed E-state index contributed by atoms with van der Waals surface area (Å²) >= 11 is 0. The number of amides is 1. The van der Waals surface area contributed by atoms with E-state index in [0.717, 1.165) is 4.90 Å². The van der Waals surface area contributed by atoms with Gasteiger partial charge in [0.2, 0.25) is 5.91 Å². The molecule has 0 radical (unpaired) electrons. The Bertz CT molecular complexity index is 275. The van der Waals surface area contributed by atoms with Crippen LogP contribution in [-0.2, 0) is 14.4 Å². The molecule has 0 aromatic carbocycles. The predicted molar refractivity (Wildman–Crippen MR) is 44.6 cm³/mol. The fourth-order valence-electron chi connectivity index (χ4n) is 1.55. The molecular formula is C8H11NO5. The lowest BCUT2D eigenvalue weighted by molar-refractivity contribution is -0.151. The largest absolute Gasteiger partial charge is 0.481 e. The fourth-order valence-corrected chi connectivity index (χ4v) is 1.55. The van der Waals surface area contributed by atoms with Gasteiger partial charge in [-0.3, -0.25) is 9.59 Å². The van der Waals surface area contributed by atoms with Crippen LogP contribution in [0.5, 0.6) is 0 Å². The highest BCUT2D eigenvalue weighted by atomic mass is 16.4. The minimum absolute atomic E-state index is 0.336. The van der Waals surface area contributed by atoms with Crippen molar-refractivity contribution in [1.29, 1.82) is 0 Å². The van der Waals surface area contributed by atoms with E-state index in [4.69, 9.17) is 10.2 Å². The van der Waals surface area contributed by atoms with Crippen molar-refractivity contribution in [1.82, 2.24) is 4.90 Å². The molecule has 2 N–H and O–H groups in total. The smallest absolute Gasteiger partial charge is 0.326 e. The van der Waals surface area contributed by atoms with Gasteiger partial charge in [-0.25, -0.2) is 4.79 Å². The van der Waals surface area contributed by atoms with Crippen LogP contribution in [0.15, 0.2) is 0 Å². The number of carboxylic acids is 2. The maximum atomic E-state index is 11.3. The molecule has 1 aliphatic rings. The number of hydrogen-bond acceptors (Lipinski definition) is 3. The van der Waals surface area contributed by atoms with Gasteiger partial charge in [-0.1, -0.05) is 0 Å². The summed E-state index contributed by atoms with van der Waals surface area (Å²) in [6.45, 7) is 0.336. The molecule has 78 valence electrons. The van der Waals surface area contributed by atoms with Crippen molar-refractivity contribution < 1.29 is 24.6 Å². The molecule has 14 heavy (non-hydrogen) atoms. The van der Waals surface area contributed by atoms with Gasteiger partial charge in [-0.15, -0.1) is 0 Å². The van der Waals surface area contributed by atoms with Crippen LogP contribution in [0, 0.1) is 0 Å². The van der Waals surface area contributed by atoms with Gasteiger partial charge in [0, 0.05) is 6.54 Å². The second kappa shape index (κ2) is 4.08. The Labute approximate surface area is 80.1 Å². The van der Waals surface area contributed by atoms with Crippen LogP contribution in [0.25, 0.3) is 0 Å². The van der Waals surface area contributed by atoms with Gasteiger partial charge < -0.3 is 15.1 Å². The molecule has 1 fully saturated rings. The first-order chi connectivity index (χ1) is 6.52. The van der Waals surface area contributed by atoms with E-state index in [1.807, 2.05) is 0 Å². The summed E-state index contributed by atoms with van der Waals surface area (Å²) in [5.74, 6) is -2.92. The Hall–Kier alpha value is -1.59. The zero-order valence-corrected chi connectivity index (χ0v) is 7.47. The summed E-state index contributed by atoms with van der Waals surface area (Å²) in [6, 6.07) is -0.846. The monoisotopic (exact) mass is 201 g/mol. The summed E-state index contributed by atoms with van der Waals surface area (Å²) < 4.78 is 0. The van der Waals surface area contributed by atoms with E-state index in [1.54, 1.807) is 0 Å². The first-order valence-corrected chi connectivity index (χ1v) is 4.26. The molecule has 1 aliphatic heterocycles. The third-order valence-electron chi connectivity index (χ3n) is 2.16. The minimum Gasteiger partial charge on any atom is -0.481 e. The molecule has 1 heterocycles. The van der Waals surface area contributed by atoms with E-state index < -0.39 is 30.3 Å². The molecular weight excluding hydrogens is 190 g/mol. The minimum atomic E-state index is -1.23. The Balaban J connectivity index is 2.62. The number of nitrogens with zero attached hydrogens (tertiary/aromatic N) is 1. The third kappa shape index (κ3) is 2.21. The molecule has 0 spiro atoms. The van der Waals surface area contributed by atoms with Crippen LogP contribution < -0.4 is 0 Å². The van der Waals surface area contributed by atoms with Gasteiger partial charge >= 0.3 is 11.9 Å². The number of hydrogen-bond donors (Lipinski definition) is 2. The lowest BCUT2D eigenvalue weighted by Gasteiger charge is -2.20. The number of carboxylic acid groups (broad SMARTS) is 2. The van der Waals surface area contributed by atoms with Gasteiger partial charge in [0.15, 0.2) is 0 Å². The van der Waals surface area contributed by atoms with Gasteiger partial charge in [-0.2, -0.15) is 0 Å². The SMILES string of the molecule is O=C(O)CC(=O)N1CCC[C@H]1C(=O)O. The number of carbonyl (C=O) groups excluding carboxylic acids is 1. The normalized spacial score (nSPS) is 20.9. The highest BCUT2D eigenvalue weighted by Gasteiger charge is 2.34. The van der Waals surface area contributed by atoms with E-state index >= 15 is 0 Å². The number of aliphatic carboxylic acids is 2. The van der Waals surface area contributed by atoms with Crippen LogP contribution in [0.1, 0.15) is 19.3 Å². The van der Waals surface area contributed by atoms with E-state index in [1.165, 1.54) is 0 Å². The molecule has 0 aliphatic carbocycles. The Morgan fingerprint density at radius 1 is 1.29 bits per heavy atom. The molecule has 1 saturated heterocycles. The summed E-state index contributed by atoms with van der Waals surface area (Å²) in [7, 11) is 0. The van der Waals surface area contributed by atoms with Crippen molar-refractivity contribution in [3.05, 3.63) is 0 Å². The van der Waals surface area contributed by atoms with Crippen molar-refractivity contribution in [2.24, 2.45) is 0 Å². The first-order valence-electron chi connectivity index (χ1n) is 4.26. The van der Waals surface area contributed by atoms with Gasteiger partial charge in [0.05, 0.1) is 0 Å². The van der Waals surface area contributed by atoms with E-state index in [-0.39, 0.29) is 0 Å². The highest BCUT2D eigenvalue weighted by Crippen LogP contribution is 2.18. The lowest BCUT2D eigenvalue weighted by Crippen LogP contribution is -2.41. The summed E-state index contributed by atoms with van der Waals surface area (Å²) in [4.78, 5) is 33.3. The second-order valence-corrected chi connectivity index (χ2v) is 3.15. The van der Waals surface area contributed by atoms with Crippen LogP contribution in [-0.4, -0.2) is 45.5 Å². The Morgan fingerprint density at radius 3 is 2.43 bits per heavy atom. The van der Waals surface area contributed by atoms with Crippen LogP contribution in [0.2, 0.25) is 0 Å². The van der Waals surface area contributed by atoms with Crippen LogP contribution in [0.3, 0.4) is 0 Å². The molecule has 0 aromatic heterocycles. The molecule has 1 atom stereocenters. The molecule has 0 saturated carbocycles. The Morgan fingerprint density at radius 2 is 1.93 bits per heavy atom. The number of likely N-dealkylation sites (tertiary alicyclic amines) is 1. The molecule has 0 unspecified atom stereocenters. The predicted octanol–water partition coefficient (Wildman–Crippen LogP) is -0.463. The third-order valence-corrected chi connectivity index (χ3v) is 2.16. The molecule has 6 nitrogen and oxygen atoms in total. The van der Waals surface area contributed by atoms with Crippen molar-refractivity contribution in [3.63, 3.8) is 0 Å². The average molecular weight is 201 g/mol. The highest BCUT2D eigenvalue weighted by molar-refractivity contribution is 5.95. The molecule has 0 bridgehead atoms. The van der Waals surface area contributed by atoms with Gasteiger partial charge in [0.25, 0.3) is 0 Å².